The van der Waals surface area contributed by atoms with Gasteiger partial charge in [0.05, 0.1) is 0 Å². The predicted molar refractivity (Wildman–Crippen MR) is 31.2 cm³/mol. The van der Waals surface area contributed by atoms with E-state index in [9.17, 15) is 0 Å². The van der Waals surface area contributed by atoms with Crippen molar-refractivity contribution in [2.45, 2.75) is 0 Å². The molecule has 0 fully saturated rings. The zero-order chi connectivity index (χ0) is 0. The quantitative estimate of drug-likeness (QED) is 0.279. The molecule has 0 aliphatic carbocycles. The zero-order valence-electron chi connectivity index (χ0n) is 2.71. The molecular formula is H5CaKNaP. The molecule has 0 aliphatic rings. The molecule has 1 atom stereocenters. The van der Waals surface area contributed by atoms with Crippen molar-refractivity contribution in [2.75, 3.05) is 0 Å². The minimum Gasteiger partial charge on any atom is 0 e. The van der Waals surface area contributed by atoms with Crippen LogP contribution in [0, 0.1) is 0 Å². The number of hydrogen-bond donors (Lipinski definition) is 0. The molecule has 0 aliphatic heterocycles. The summed E-state index contributed by atoms with van der Waals surface area (Å²) in [7, 11) is 0. The smallest absolute Gasteiger partial charge is 0 e. The molecule has 0 saturated heterocycles. The van der Waals surface area contributed by atoms with Crippen LogP contribution in [0.4, 0.5) is 0 Å². The standard InChI is InChI=1S/Ca.K.Na.H3P.2H/h;;;1H3;;. The summed E-state index contributed by atoms with van der Waals surface area (Å²) in [6.07, 6.45) is 0. The van der Waals surface area contributed by atoms with Gasteiger partial charge in [0.2, 0.25) is 0 Å². The molecule has 0 aromatic carbocycles. The second-order valence-electron chi connectivity index (χ2n) is 0. The van der Waals surface area contributed by atoms with Crippen molar-refractivity contribution in [1.82, 2.24) is 0 Å². The van der Waals surface area contributed by atoms with E-state index < -0.39 is 0 Å². The predicted octanol–water partition coefficient (Wildman–Crippen LogP) is -1.62. The van der Waals surface area contributed by atoms with Gasteiger partial charge < -0.3 is 0 Å². The summed E-state index contributed by atoms with van der Waals surface area (Å²) in [6, 6.07) is 0. The Kier molecular flexibility index (Phi) is 93.5. The van der Waals surface area contributed by atoms with Crippen LogP contribution >= 0.6 is 9.90 Å². The van der Waals surface area contributed by atoms with E-state index in [-0.39, 0.29) is 129 Å². The van der Waals surface area contributed by atoms with Gasteiger partial charge in [0.15, 0.2) is 0 Å². The van der Waals surface area contributed by atoms with Crippen molar-refractivity contribution < 1.29 is 0 Å². The van der Waals surface area contributed by atoms with Crippen LogP contribution in [-0.4, -0.2) is 119 Å². The molecule has 1 unspecified atom stereocenters. The molecule has 0 aromatic heterocycles. The molecule has 14 valence electrons. The van der Waals surface area contributed by atoms with Crippen molar-refractivity contribution in [1.29, 1.82) is 0 Å². The Hall–Kier alpha value is 4.33. The molecule has 0 saturated carbocycles. The average molecular weight is 138 g/mol. The van der Waals surface area contributed by atoms with Gasteiger partial charge in [-0.2, -0.15) is 9.90 Å². The summed E-state index contributed by atoms with van der Waals surface area (Å²) in [5, 5.41) is 0. The van der Waals surface area contributed by atoms with Gasteiger partial charge in [-0.15, -0.1) is 0 Å². The maximum absolute atomic E-state index is 0. The van der Waals surface area contributed by atoms with Crippen LogP contribution < -0.4 is 0 Å². The first-order valence-electron chi connectivity index (χ1n) is 0. The Morgan fingerprint density at radius 3 is 1.00 bits per heavy atom. The Morgan fingerprint density at radius 2 is 1.00 bits per heavy atom. The summed E-state index contributed by atoms with van der Waals surface area (Å²) < 4.78 is 0. The monoisotopic (exact) mass is 138 g/mol. The number of rotatable bonds is 0. The second kappa shape index (κ2) is 15.7. The minimum absolute atomic E-state index is 0. The maximum atomic E-state index is 0. The summed E-state index contributed by atoms with van der Waals surface area (Å²) in [5.41, 5.74) is 0. The minimum atomic E-state index is 0. The Balaban J connectivity index is 0. The van der Waals surface area contributed by atoms with Crippen LogP contribution in [0.2, 0.25) is 0 Å². The van der Waals surface area contributed by atoms with Crippen LogP contribution in [0.1, 0.15) is 0 Å². The molecule has 0 amide bonds. The molecule has 0 spiro atoms. The van der Waals surface area contributed by atoms with Crippen molar-refractivity contribution in [3.05, 3.63) is 0 Å². The molecule has 0 rings (SSSR count). The largest absolute Gasteiger partial charge is 0 e. The third-order valence-electron chi connectivity index (χ3n) is 0. The van der Waals surface area contributed by atoms with Gasteiger partial charge in [-0.3, -0.25) is 0 Å². The van der Waals surface area contributed by atoms with Crippen LogP contribution in [-0.2, 0) is 0 Å². The van der Waals surface area contributed by atoms with E-state index >= 15 is 0 Å². The summed E-state index contributed by atoms with van der Waals surface area (Å²) in [5.74, 6) is 0. The SMILES string of the molecule is P.[CaH2].[K].[Na]. The van der Waals surface area contributed by atoms with Gasteiger partial charge >= 0.3 is 37.7 Å². The van der Waals surface area contributed by atoms with E-state index in [1.165, 1.54) is 0 Å². The fourth-order valence-electron chi connectivity index (χ4n) is 0. The van der Waals surface area contributed by atoms with Gasteiger partial charge in [-0.1, -0.05) is 0 Å². The van der Waals surface area contributed by atoms with Crippen molar-refractivity contribution in [3.8, 4) is 0 Å². The zero-order valence-corrected chi connectivity index (χ0v) is 9.24. The molecule has 0 bridgehead atoms. The first-order chi connectivity index (χ1) is 0. The van der Waals surface area contributed by atoms with E-state index in [0.29, 0.717) is 0 Å². The first kappa shape index (κ1) is 23.9. The summed E-state index contributed by atoms with van der Waals surface area (Å²) in [4.78, 5) is 0. The van der Waals surface area contributed by atoms with Crippen LogP contribution in [0.5, 0.6) is 0 Å². The van der Waals surface area contributed by atoms with E-state index in [4.69, 9.17) is 0 Å². The molecule has 0 heterocycles. The normalized spacial score (nSPS) is 0. The van der Waals surface area contributed by atoms with Gasteiger partial charge in [-0.05, 0) is 0 Å². The third-order valence-corrected chi connectivity index (χ3v) is 0. The number of hydrogen-bond acceptors (Lipinski definition) is 0. The summed E-state index contributed by atoms with van der Waals surface area (Å²) >= 11 is 0. The van der Waals surface area contributed by atoms with Crippen LogP contribution in [0.3, 0.4) is 0 Å². The topological polar surface area (TPSA) is 0 Å². The molecule has 0 aromatic rings. The van der Waals surface area contributed by atoms with Gasteiger partial charge in [0, 0.05) is 80.9 Å². The van der Waals surface area contributed by atoms with Gasteiger partial charge in [-0.25, -0.2) is 0 Å². The molecule has 0 nitrogen and oxygen atoms in total. The molecule has 0 N–H and O–H groups in total. The van der Waals surface area contributed by atoms with Crippen LogP contribution in [0.25, 0.3) is 0 Å². The molecule has 2 radical (unpaired) electrons. The molecule has 4 heteroatoms. The van der Waals surface area contributed by atoms with Crippen molar-refractivity contribution >= 4 is 129 Å². The van der Waals surface area contributed by atoms with Crippen molar-refractivity contribution in [2.24, 2.45) is 0 Å². The van der Waals surface area contributed by atoms with E-state index in [1.807, 2.05) is 0 Å². The third kappa shape index (κ3) is 9.59. The second-order valence-corrected chi connectivity index (χ2v) is 0. The summed E-state index contributed by atoms with van der Waals surface area (Å²) in [6.45, 7) is 0. The average Bonchev–Trinajstić information content (AvgIpc) is 0. The molecule has 4 heavy (non-hydrogen) atoms. The Bertz CT molecular complexity index is 8.00. The fraction of sp³-hybridized carbons (Fsp3) is 0. The fourth-order valence-corrected chi connectivity index (χ4v) is 0. The van der Waals surface area contributed by atoms with E-state index in [2.05, 4.69) is 0 Å². The Morgan fingerprint density at radius 1 is 1.00 bits per heavy atom. The van der Waals surface area contributed by atoms with Gasteiger partial charge in [0.1, 0.15) is 0 Å². The van der Waals surface area contributed by atoms with Crippen molar-refractivity contribution in [3.63, 3.8) is 0 Å². The maximum Gasteiger partial charge on any atom is 0 e. The van der Waals surface area contributed by atoms with E-state index in [0.717, 1.165) is 0 Å². The van der Waals surface area contributed by atoms with Gasteiger partial charge in [0.25, 0.3) is 0 Å². The van der Waals surface area contributed by atoms with Crippen LogP contribution in [0.15, 0.2) is 0 Å². The Labute approximate surface area is 125 Å². The van der Waals surface area contributed by atoms with E-state index in [1.54, 1.807) is 0 Å². The first-order valence-corrected chi connectivity index (χ1v) is 0. The molecular weight excluding hydrogens is 133 g/mol.